The van der Waals surface area contributed by atoms with E-state index >= 15 is 0 Å². The number of carbonyl (C=O) groups excluding carboxylic acids is 1. The summed E-state index contributed by atoms with van der Waals surface area (Å²) in [7, 11) is -3.01. The Morgan fingerprint density at radius 3 is 2.85 bits per heavy atom. The summed E-state index contributed by atoms with van der Waals surface area (Å²) in [6, 6.07) is 5.81. The third kappa shape index (κ3) is 4.12. The summed E-state index contributed by atoms with van der Waals surface area (Å²) in [5.41, 5.74) is 3.40. The molecular weight excluding hydrogens is 370 g/mol. The molecule has 140 valence electrons. The minimum Gasteiger partial charge on any atom is -0.351 e. The van der Waals surface area contributed by atoms with Crippen LogP contribution in [0.4, 0.5) is 0 Å². The smallest absolute Gasteiger partial charge is 0.233 e. The molecule has 8 heteroatoms. The van der Waals surface area contributed by atoms with Gasteiger partial charge in [0.15, 0.2) is 15.0 Å². The summed E-state index contributed by atoms with van der Waals surface area (Å²) in [6.45, 7) is 5.94. The molecule has 1 amide bonds. The Kier molecular flexibility index (Phi) is 5.43. The number of thioether (sulfide) groups is 1. The number of aromatic nitrogens is 2. The predicted molar refractivity (Wildman–Crippen MR) is 104 cm³/mol. The van der Waals surface area contributed by atoms with Gasteiger partial charge in [0.1, 0.15) is 0 Å². The van der Waals surface area contributed by atoms with Gasteiger partial charge in [-0.15, -0.1) is 0 Å². The van der Waals surface area contributed by atoms with E-state index in [0.717, 1.165) is 10.8 Å². The first-order valence-electron chi connectivity index (χ1n) is 8.54. The molecule has 0 aliphatic carbocycles. The van der Waals surface area contributed by atoms with Crippen molar-refractivity contribution in [2.45, 2.75) is 43.6 Å². The number of benzene rings is 1. The van der Waals surface area contributed by atoms with E-state index in [1.807, 2.05) is 29.8 Å². The van der Waals surface area contributed by atoms with Crippen molar-refractivity contribution in [1.82, 2.24) is 14.9 Å². The number of hydrogen-bond donors (Lipinski definition) is 1. The van der Waals surface area contributed by atoms with E-state index in [2.05, 4.69) is 30.2 Å². The molecule has 2 heterocycles. The molecule has 1 aliphatic heterocycles. The van der Waals surface area contributed by atoms with Crippen LogP contribution in [-0.4, -0.2) is 46.7 Å². The summed E-state index contributed by atoms with van der Waals surface area (Å²) in [4.78, 5) is 16.8. The molecule has 1 aromatic carbocycles. The van der Waals surface area contributed by atoms with Gasteiger partial charge in [0.05, 0.1) is 22.4 Å². The van der Waals surface area contributed by atoms with Gasteiger partial charge >= 0.3 is 0 Å². The van der Waals surface area contributed by atoms with Crippen LogP contribution in [0, 0.1) is 13.8 Å². The van der Waals surface area contributed by atoms with Gasteiger partial charge in [-0.05, 0) is 44.4 Å². The SMILES string of the molecule is Cc1cccc(-n2ccnc2SC(C)C(=O)NC2CCS(=O)(=O)C2)c1C. The van der Waals surface area contributed by atoms with Crippen molar-refractivity contribution in [3.63, 3.8) is 0 Å². The van der Waals surface area contributed by atoms with E-state index in [1.54, 1.807) is 6.20 Å². The molecule has 1 aromatic heterocycles. The highest BCUT2D eigenvalue weighted by Gasteiger charge is 2.30. The molecule has 1 saturated heterocycles. The lowest BCUT2D eigenvalue weighted by molar-refractivity contribution is -0.120. The Hall–Kier alpha value is -1.80. The number of nitrogens with one attached hydrogen (secondary N) is 1. The maximum atomic E-state index is 12.4. The van der Waals surface area contributed by atoms with Crippen LogP contribution >= 0.6 is 11.8 Å². The average Bonchev–Trinajstić information content (AvgIpc) is 3.16. The number of sulfone groups is 1. The van der Waals surface area contributed by atoms with Crippen molar-refractivity contribution < 1.29 is 13.2 Å². The third-order valence-corrected chi connectivity index (χ3v) is 7.52. The largest absolute Gasteiger partial charge is 0.351 e. The Balaban J connectivity index is 1.71. The standard InChI is InChI=1S/C18H23N3O3S2/c1-12-5-4-6-16(13(12)2)21-9-8-19-18(21)25-14(3)17(22)20-15-7-10-26(23,24)11-15/h4-6,8-9,14-15H,7,10-11H2,1-3H3,(H,20,22). The maximum absolute atomic E-state index is 12.4. The fourth-order valence-electron chi connectivity index (χ4n) is 3.00. The highest BCUT2D eigenvalue weighted by atomic mass is 32.2. The number of nitrogens with zero attached hydrogens (tertiary/aromatic N) is 2. The van der Waals surface area contributed by atoms with Crippen molar-refractivity contribution in [3.8, 4) is 5.69 Å². The Bertz CT molecular complexity index is 922. The van der Waals surface area contributed by atoms with Crippen LogP contribution in [0.1, 0.15) is 24.5 Å². The number of amides is 1. The van der Waals surface area contributed by atoms with Gasteiger partial charge in [0.2, 0.25) is 5.91 Å². The number of hydrogen-bond acceptors (Lipinski definition) is 5. The van der Waals surface area contributed by atoms with Gasteiger partial charge in [0.25, 0.3) is 0 Å². The molecule has 1 aliphatic rings. The van der Waals surface area contributed by atoms with Crippen molar-refractivity contribution in [2.24, 2.45) is 0 Å². The summed E-state index contributed by atoms with van der Waals surface area (Å²) in [6.07, 6.45) is 4.10. The summed E-state index contributed by atoms with van der Waals surface area (Å²) in [5, 5.41) is 3.22. The lowest BCUT2D eigenvalue weighted by Crippen LogP contribution is -2.40. The van der Waals surface area contributed by atoms with Crippen LogP contribution in [0.25, 0.3) is 5.69 Å². The zero-order valence-corrected chi connectivity index (χ0v) is 16.7. The second-order valence-corrected chi connectivity index (χ2v) is 10.2. The number of rotatable bonds is 5. The Morgan fingerprint density at radius 2 is 2.15 bits per heavy atom. The lowest BCUT2D eigenvalue weighted by Gasteiger charge is -2.17. The first-order valence-corrected chi connectivity index (χ1v) is 11.2. The molecule has 0 bridgehead atoms. The van der Waals surface area contributed by atoms with Gasteiger partial charge < -0.3 is 5.32 Å². The minimum absolute atomic E-state index is 0.0350. The van der Waals surface area contributed by atoms with Crippen LogP contribution < -0.4 is 5.32 Å². The van der Waals surface area contributed by atoms with Crippen LogP contribution in [0.5, 0.6) is 0 Å². The van der Waals surface area contributed by atoms with E-state index in [4.69, 9.17) is 0 Å². The molecule has 2 unspecified atom stereocenters. The molecule has 6 nitrogen and oxygen atoms in total. The van der Waals surface area contributed by atoms with E-state index in [-0.39, 0.29) is 28.7 Å². The third-order valence-electron chi connectivity index (χ3n) is 4.67. The molecule has 0 saturated carbocycles. The van der Waals surface area contributed by atoms with Gasteiger partial charge in [-0.2, -0.15) is 0 Å². The zero-order valence-electron chi connectivity index (χ0n) is 15.1. The summed E-state index contributed by atoms with van der Waals surface area (Å²) < 4.78 is 25.1. The first-order chi connectivity index (χ1) is 12.3. The van der Waals surface area contributed by atoms with Crippen LogP contribution in [0.2, 0.25) is 0 Å². The van der Waals surface area contributed by atoms with Crippen molar-refractivity contribution in [2.75, 3.05) is 11.5 Å². The monoisotopic (exact) mass is 393 g/mol. The second kappa shape index (κ2) is 7.44. The lowest BCUT2D eigenvalue weighted by atomic mass is 10.1. The molecule has 2 atom stereocenters. The number of aryl methyl sites for hydroxylation is 1. The van der Waals surface area contributed by atoms with Gasteiger partial charge in [-0.3, -0.25) is 9.36 Å². The predicted octanol–water partition coefficient (Wildman–Crippen LogP) is 2.27. The summed E-state index contributed by atoms with van der Waals surface area (Å²) >= 11 is 1.37. The molecule has 2 aromatic rings. The Labute approximate surface area is 158 Å². The normalized spacial score (nSPS) is 20.0. The quantitative estimate of drug-likeness (QED) is 0.788. The fourth-order valence-corrected chi connectivity index (χ4v) is 5.56. The average molecular weight is 394 g/mol. The minimum atomic E-state index is -3.01. The van der Waals surface area contributed by atoms with Crippen LogP contribution in [0.15, 0.2) is 35.7 Å². The van der Waals surface area contributed by atoms with Crippen molar-refractivity contribution >= 4 is 27.5 Å². The number of imidazole rings is 1. The van der Waals surface area contributed by atoms with Crippen molar-refractivity contribution in [3.05, 3.63) is 41.7 Å². The molecule has 1 fully saturated rings. The Morgan fingerprint density at radius 1 is 1.38 bits per heavy atom. The van der Waals surface area contributed by atoms with E-state index in [1.165, 1.54) is 22.9 Å². The van der Waals surface area contributed by atoms with Gasteiger partial charge in [-0.1, -0.05) is 23.9 Å². The molecule has 0 radical (unpaired) electrons. The van der Waals surface area contributed by atoms with E-state index in [0.29, 0.717) is 6.42 Å². The van der Waals surface area contributed by atoms with Crippen LogP contribution in [0.3, 0.4) is 0 Å². The first kappa shape index (κ1) is 19.0. The van der Waals surface area contributed by atoms with E-state index in [9.17, 15) is 13.2 Å². The number of carbonyl (C=O) groups is 1. The zero-order chi connectivity index (χ0) is 18.9. The molecule has 1 N–H and O–H groups in total. The fraction of sp³-hybridized carbons (Fsp3) is 0.444. The van der Waals surface area contributed by atoms with Crippen LogP contribution in [-0.2, 0) is 14.6 Å². The second-order valence-electron chi connectivity index (χ2n) is 6.67. The van der Waals surface area contributed by atoms with Gasteiger partial charge in [-0.25, -0.2) is 13.4 Å². The maximum Gasteiger partial charge on any atom is 0.233 e. The molecule has 3 rings (SSSR count). The topological polar surface area (TPSA) is 81.1 Å². The highest BCUT2D eigenvalue weighted by molar-refractivity contribution is 8.00. The highest BCUT2D eigenvalue weighted by Crippen LogP contribution is 2.27. The summed E-state index contributed by atoms with van der Waals surface area (Å²) in [5.74, 6) is 0.0247. The van der Waals surface area contributed by atoms with Gasteiger partial charge in [0, 0.05) is 18.4 Å². The molecular formula is C18H23N3O3S2. The molecule has 26 heavy (non-hydrogen) atoms. The molecule has 0 spiro atoms. The van der Waals surface area contributed by atoms with Crippen molar-refractivity contribution in [1.29, 1.82) is 0 Å². The van der Waals surface area contributed by atoms with E-state index < -0.39 is 9.84 Å².